The Hall–Kier alpha value is -4.70. The maximum absolute atomic E-state index is 15.9. The quantitative estimate of drug-likeness (QED) is 0.254. The van der Waals surface area contributed by atoms with Gasteiger partial charge in [0.05, 0.1) is 23.1 Å². The van der Waals surface area contributed by atoms with Crippen LogP contribution in [0.15, 0.2) is 18.3 Å². The summed E-state index contributed by atoms with van der Waals surface area (Å²) in [4.78, 5) is 32.9. The monoisotopic (exact) mass is 620 g/mol. The maximum atomic E-state index is 15.9. The Morgan fingerprint density at radius 3 is 2.29 bits per heavy atom. The van der Waals surface area contributed by atoms with Crippen LogP contribution in [-0.2, 0) is 14.2 Å². The van der Waals surface area contributed by atoms with Gasteiger partial charge in [0.2, 0.25) is 0 Å². The first-order valence-electron chi connectivity index (χ1n) is 14.7. The van der Waals surface area contributed by atoms with Gasteiger partial charge < -0.3 is 19.3 Å². The molecule has 1 unspecified atom stereocenters. The zero-order valence-corrected chi connectivity index (χ0v) is 26.7. The Morgan fingerprint density at radius 2 is 1.73 bits per heavy atom. The number of aromatic hydroxyl groups is 1. The lowest BCUT2D eigenvalue weighted by atomic mass is 10.1. The molecule has 12 nitrogen and oxygen atoms in total. The Bertz CT molecular complexity index is 1840. The molecular formula is C32H37FN6O6. The van der Waals surface area contributed by atoms with Crippen molar-refractivity contribution in [1.29, 1.82) is 5.26 Å². The van der Waals surface area contributed by atoms with Crippen LogP contribution < -0.4 is 4.90 Å². The first kappa shape index (κ1) is 31.7. The zero-order chi connectivity index (χ0) is 33.0. The van der Waals surface area contributed by atoms with Crippen molar-refractivity contribution in [3.8, 4) is 17.5 Å². The first-order chi connectivity index (χ1) is 21.0. The molecule has 45 heavy (non-hydrogen) atoms. The largest absolute Gasteiger partial charge is 0.506 e. The Labute approximate surface area is 259 Å². The molecule has 0 spiro atoms. The Kier molecular flexibility index (Phi) is 7.99. The SMILES string of the molecule is Cc1nc2c(cc1O)c(C#N)c(N(C(=O)OC(C)(C)C)C(=O)OC(C)(C)C)n2-c1c(C)c(F)cc2c1cnn2C1CCCCO1. The normalized spacial score (nSPS) is 15.7. The van der Waals surface area contributed by atoms with Crippen LogP contribution in [0, 0.1) is 31.0 Å². The van der Waals surface area contributed by atoms with Crippen molar-refractivity contribution in [2.24, 2.45) is 0 Å². The number of nitrogens with zero attached hydrogens (tertiary/aromatic N) is 6. The molecule has 0 aliphatic carbocycles. The molecule has 1 N–H and O–H groups in total. The first-order valence-corrected chi connectivity index (χ1v) is 14.7. The number of carbonyl (C=O) groups excluding carboxylic acids is 2. The predicted octanol–water partition coefficient (Wildman–Crippen LogP) is 7.08. The van der Waals surface area contributed by atoms with E-state index in [2.05, 4.69) is 16.2 Å². The number of hydrogen-bond acceptors (Lipinski definition) is 9. The van der Waals surface area contributed by atoms with E-state index in [1.807, 2.05) is 0 Å². The molecule has 1 aliphatic heterocycles. The number of halogens is 1. The van der Waals surface area contributed by atoms with Crippen LogP contribution in [0.3, 0.4) is 0 Å². The van der Waals surface area contributed by atoms with Gasteiger partial charge >= 0.3 is 12.2 Å². The molecule has 5 rings (SSSR count). The van der Waals surface area contributed by atoms with Crippen LogP contribution in [0.5, 0.6) is 5.75 Å². The molecule has 4 aromatic rings. The lowest BCUT2D eigenvalue weighted by Gasteiger charge is -2.29. The summed E-state index contributed by atoms with van der Waals surface area (Å²) in [5.41, 5.74) is -1.26. The van der Waals surface area contributed by atoms with Crippen molar-refractivity contribution in [1.82, 2.24) is 19.3 Å². The number of nitriles is 1. The highest BCUT2D eigenvalue weighted by Crippen LogP contribution is 2.42. The molecule has 1 saturated heterocycles. The summed E-state index contributed by atoms with van der Waals surface area (Å²) in [7, 11) is 0. The van der Waals surface area contributed by atoms with Crippen LogP contribution in [0.4, 0.5) is 19.8 Å². The van der Waals surface area contributed by atoms with Crippen LogP contribution in [0.2, 0.25) is 0 Å². The summed E-state index contributed by atoms with van der Waals surface area (Å²) < 4.78 is 36.1. The van der Waals surface area contributed by atoms with Gasteiger partial charge in [-0.1, -0.05) is 0 Å². The fourth-order valence-electron chi connectivity index (χ4n) is 5.34. The van der Waals surface area contributed by atoms with Crippen molar-refractivity contribution in [3.63, 3.8) is 0 Å². The molecule has 1 atom stereocenters. The second-order valence-corrected chi connectivity index (χ2v) is 13.1. The van der Waals surface area contributed by atoms with Crippen molar-refractivity contribution in [3.05, 3.63) is 41.0 Å². The lowest BCUT2D eigenvalue weighted by molar-refractivity contribution is -0.0367. The average Bonchev–Trinajstić information content (AvgIpc) is 3.47. The predicted molar refractivity (Wildman–Crippen MR) is 164 cm³/mol. The fraction of sp³-hybridized carbons (Fsp3) is 0.469. The van der Waals surface area contributed by atoms with Gasteiger partial charge in [0.1, 0.15) is 40.0 Å². The van der Waals surface area contributed by atoms with E-state index >= 15 is 4.39 Å². The van der Waals surface area contributed by atoms with E-state index in [1.54, 1.807) is 66.3 Å². The lowest BCUT2D eigenvalue weighted by Crippen LogP contribution is -2.45. The van der Waals surface area contributed by atoms with Crippen LogP contribution in [0.25, 0.3) is 27.6 Å². The summed E-state index contributed by atoms with van der Waals surface area (Å²) >= 11 is 0. The summed E-state index contributed by atoms with van der Waals surface area (Å²) in [6.45, 7) is 13.4. The highest BCUT2D eigenvalue weighted by atomic mass is 19.1. The minimum absolute atomic E-state index is 0.0885. The van der Waals surface area contributed by atoms with Gasteiger partial charge in [0.15, 0.2) is 12.0 Å². The van der Waals surface area contributed by atoms with Gasteiger partial charge in [-0.3, -0.25) is 4.57 Å². The molecule has 4 heterocycles. The summed E-state index contributed by atoms with van der Waals surface area (Å²) in [5, 5.41) is 26.3. The van der Waals surface area contributed by atoms with Gasteiger partial charge in [-0.15, -0.1) is 0 Å². The zero-order valence-electron chi connectivity index (χ0n) is 26.7. The Balaban J connectivity index is 1.92. The second-order valence-electron chi connectivity index (χ2n) is 13.1. The van der Waals surface area contributed by atoms with E-state index < -0.39 is 35.4 Å². The van der Waals surface area contributed by atoms with Crippen LogP contribution in [0.1, 0.15) is 83.9 Å². The van der Waals surface area contributed by atoms with E-state index in [0.717, 1.165) is 12.8 Å². The van der Waals surface area contributed by atoms with Gasteiger partial charge in [0.25, 0.3) is 0 Å². The van der Waals surface area contributed by atoms with Crippen molar-refractivity contribution >= 4 is 39.9 Å². The van der Waals surface area contributed by atoms with Gasteiger partial charge in [-0.2, -0.15) is 15.3 Å². The molecule has 13 heteroatoms. The Morgan fingerprint density at radius 1 is 1.09 bits per heavy atom. The highest BCUT2D eigenvalue weighted by molar-refractivity contribution is 6.13. The minimum Gasteiger partial charge on any atom is -0.506 e. The van der Waals surface area contributed by atoms with Crippen LogP contribution in [-0.4, -0.2) is 54.4 Å². The standard InChI is InChI=1S/C32H37FN6O6/c1-17-22(33)14-23-21(16-35-39(23)25-11-9-10-12-43-25)26(17)37-27-19(13-24(40)18(2)36-27)20(15-34)28(37)38(29(41)44-31(3,4)5)30(42)45-32(6,7)8/h13-14,16,25,40H,9-12H2,1-8H3. The third kappa shape index (κ3) is 5.90. The van der Waals surface area contributed by atoms with E-state index in [4.69, 9.17) is 14.2 Å². The number of aromatic nitrogens is 4. The van der Waals surface area contributed by atoms with E-state index in [1.165, 1.54) is 16.7 Å². The number of ether oxygens (including phenoxy) is 3. The van der Waals surface area contributed by atoms with E-state index in [9.17, 15) is 20.0 Å². The van der Waals surface area contributed by atoms with Gasteiger partial charge in [0, 0.05) is 29.0 Å². The molecule has 2 amide bonds. The number of fused-ring (bicyclic) bond motifs is 2. The van der Waals surface area contributed by atoms with E-state index in [-0.39, 0.29) is 45.1 Å². The molecule has 0 radical (unpaired) electrons. The topological polar surface area (TPSA) is 145 Å². The molecule has 238 valence electrons. The second kappa shape index (κ2) is 11.3. The van der Waals surface area contributed by atoms with Gasteiger partial charge in [-0.25, -0.2) is 23.6 Å². The van der Waals surface area contributed by atoms with Crippen molar-refractivity contribution in [2.75, 3.05) is 11.5 Å². The number of aryl methyl sites for hydroxylation is 1. The highest BCUT2D eigenvalue weighted by Gasteiger charge is 2.39. The number of rotatable bonds is 3. The molecule has 0 bridgehead atoms. The molecule has 3 aromatic heterocycles. The average molecular weight is 621 g/mol. The number of amides is 2. The number of imide groups is 1. The molecule has 1 fully saturated rings. The van der Waals surface area contributed by atoms with Crippen LogP contribution >= 0.6 is 0 Å². The number of pyridine rings is 1. The third-order valence-electron chi connectivity index (χ3n) is 7.28. The third-order valence-corrected chi connectivity index (χ3v) is 7.28. The number of hydrogen-bond donors (Lipinski definition) is 1. The number of benzene rings is 1. The number of carbonyl (C=O) groups is 2. The molecule has 0 saturated carbocycles. The molecular weight excluding hydrogens is 583 g/mol. The fourth-order valence-corrected chi connectivity index (χ4v) is 5.34. The number of anilines is 1. The summed E-state index contributed by atoms with van der Waals surface area (Å²) in [5.74, 6) is -1.10. The summed E-state index contributed by atoms with van der Waals surface area (Å²) in [6.07, 6.45) is 1.38. The molecule has 1 aromatic carbocycles. The maximum Gasteiger partial charge on any atom is 0.425 e. The van der Waals surface area contributed by atoms with Crippen molar-refractivity contribution in [2.45, 2.75) is 92.1 Å². The van der Waals surface area contributed by atoms with Crippen molar-refractivity contribution < 1.29 is 33.3 Å². The summed E-state index contributed by atoms with van der Waals surface area (Å²) in [6, 6.07) is 4.75. The van der Waals surface area contributed by atoms with Gasteiger partial charge in [-0.05, 0) is 80.7 Å². The van der Waals surface area contributed by atoms with E-state index in [0.29, 0.717) is 28.8 Å². The molecule has 1 aliphatic rings. The smallest absolute Gasteiger partial charge is 0.425 e. The minimum atomic E-state index is -1.13.